The Morgan fingerprint density at radius 2 is 1.54 bits per heavy atom. The standard InChI is InChI=1S/C6H13O6P/c7-1-2(8)4(6(11)13)12-5(10)3(1)9/h1-11H,13H2/t1-,2-,3-,4-,5-,6?/m0/s1. The van der Waals surface area contributed by atoms with Crippen LogP contribution in [0.25, 0.3) is 0 Å². The number of ether oxygens (including phenoxy) is 1. The van der Waals surface area contributed by atoms with Gasteiger partial charge in [0, 0.05) is 0 Å². The van der Waals surface area contributed by atoms with Crippen LogP contribution in [0.15, 0.2) is 0 Å². The molecule has 0 amide bonds. The first-order valence-electron chi connectivity index (χ1n) is 3.76. The molecule has 78 valence electrons. The number of aliphatic hydroxyl groups excluding tert-OH is 5. The molecule has 1 heterocycles. The highest BCUT2D eigenvalue weighted by atomic mass is 31.0. The quantitative estimate of drug-likeness (QED) is 0.296. The largest absolute Gasteiger partial charge is 0.387 e. The summed E-state index contributed by atoms with van der Waals surface area (Å²) >= 11 is 0. The van der Waals surface area contributed by atoms with Crippen LogP contribution in [0.2, 0.25) is 0 Å². The number of hydrogen-bond donors (Lipinski definition) is 5. The minimum Gasteiger partial charge on any atom is -0.387 e. The van der Waals surface area contributed by atoms with Crippen molar-refractivity contribution >= 4 is 9.24 Å². The van der Waals surface area contributed by atoms with E-state index in [0.717, 1.165) is 0 Å². The van der Waals surface area contributed by atoms with Gasteiger partial charge in [-0.1, -0.05) is 0 Å². The summed E-state index contributed by atoms with van der Waals surface area (Å²) in [4.78, 5) is 0. The summed E-state index contributed by atoms with van der Waals surface area (Å²) in [5.74, 6) is -1.12. The molecule has 5 N–H and O–H groups in total. The monoisotopic (exact) mass is 212 g/mol. The van der Waals surface area contributed by atoms with E-state index in [0.29, 0.717) is 0 Å². The third-order valence-corrected chi connectivity index (χ3v) is 2.34. The van der Waals surface area contributed by atoms with Crippen LogP contribution in [-0.2, 0) is 4.74 Å². The molecule has 1 aliphatic heterocycles. The molecule has 0 radical (unpaired) electrons. The van der Waals surface area contributed by atoms with E-state index in [-0.39, 0.29) is 0 Å². The highest BCUT2D eigenvalue weighted by Gasteiger charge is 2.44. The van der Waals surface area contributed by atoms with Crippen LogP contribution < -0.4 is 0 Å². The maximum Gasteiger partial charge on any atom is 0.184 e. The highest BCUT2D eigenvalue weighted by Crippen LogP contribution is 2.23. The van der Waals surface area contributed by atoms with Crippen LogP contribution >= 0.6 is 9.24 Å². The second-order valence-electron chi connectivity index (χ2n) is 2.95. The van der Waals surface area contributed by atoms with Gasteiger partial charge in [0.25, 0.3) is 0 Å². The lowest BCUT2D eigenvalue weighted by Gasteiger charge is -2.39. The maximum atomic E-state index is 9.28. The molecule has 7 atom stereocenters. The maximum absolute atomic E-state index is 9.28. The summed E-state index contributed by atoms with van der Waals surface area (Å²) in [6.07, 6.45) is -7.23. The normalized spacial score (nSPS) is 48.9. The van der Waals surface area contributed by atoms with Gasteiger partial charge in [0.1, 0.15) is 24.4 Å². The molecular formula is C6H13O6P. The number of aliphatic hydroxyl groups is 5. The summed E-state index contributed by atoms with van der Waals surface area (Å²) in [5, 5.41) is 45.6. The van der Waals surface area contributed by atoms with Crippen molar-refractivity contribution in [3.05, 3.63) is 0 Å². The zero-order chi connectivity index (χ0) is 10.2. The average Bonchev–Trinajstić information content (AvgIpc) is 2.07. The first-order valence-corrected chi connectivity index (χ1v) is 4.43. The van der Waals surface area contributed by atoms with Crippen LogP contribution in [-0.4, -0.2) is 62.1 Å². The molecule has 0 aliphatic carbocycles. The van der Waals surface area contributed by atoms with Crippen molar-refractivity contribution in [2.45, 2.75) is 36.6 Å². The smallest absolute Gasteiger partial charge is 0.184 e. The van der Waals surface area contributed by atoms with E-state index in [1.165, 1.54) is 0 Å². The average molecular weight is 212 g/mol. The minimum absolute atomic E-state index is 1.12. The van der Waals surface area contributed by atoms with E-state index in [1.54, 1.807) is 0 Å². The fourth-order valence-electron chi connectivity index (χ4n) is 1.17. The number of hydrogen-bond acceptors (Lipinski definition) is 6. The van der Waals surface area contributed by atoms with Gasteiger partial charge in [-0.15, -0.1) is 9.24 Å². The second-order valence-corrected chi connectivity index (χ2v) is 3.64. The zero-order valence-corrected chi connectivity index (χ0v) is 7.84. The van der Waals surface area contributed by atoms with E-state index >= 15 is 0 Å². The molecule has 2 unspecified atom stereocenters. The molecule has 0 spiro atoms. The van der Waals surface area contributed by atoms with E-state index in [9.17, 15) is 10.2 Å². The molecular weight excluding hydrogens is 199 g/mol. The van der Waals surface area contributed by atoms with Gasteiger partial charge >= 0.3 is 0 Å². The zero-order valence-electron chi connectivity index (χ0n) is 6.69. The lowest BCUT2D eigenvalue weighted by Crippen LogP contribution is -2.59. The molecule has 6 nitrogen and oxygen atoms in total. The van der Waals surface area contributed by atoms with E-state index in [1.807, 2.05) is 9.24 Å². The third-order valence-electron chi connectivity index (χ3n) is 1.96. The van der Waals surface area contributed by atoms with Gasteiger partial charge in [0.05, 0.1) is 5.85 Å². The predicted octanol–water partition coefficient (Wildman–Crippen LogP) is -3.02. The van der Waals surface area contributed by atoms with Crippen LogP contribution in [0.4, 0.5) is 0 Å². The van der Waals surface area contributed by atoms with Crippen molar-refractivity contribution in [1.29, 1.82) is 0 Å². The third kappa shape index (κ3) is 2.16. The van der Waals surface area contributed by atoms with Gasteiger partial charge in [-0.3, -0.25) is 0 Å². The molecule has 1 aliphatic rings. The van der Waals surface area contributed by atoms with E-state index in [4.69, 9.17) is 15.3 Å². The molecule has 0 aromatic rings. The van der Waals surface area contributed by atoms with Gasteiger partial charge < -0.3 is 30.3 Å². The first kappa shape index (κ1) is 11.3. The molecule has 7 heteroatoms. The Hall–Kier alpha value is 0.190. The van der Waals surface area contributed by atoms with Crippen molar-refractivity contribution in [2.75, 3.05) is 0 Å². The minimum atomic E-state index is -1.60. The Labute approximate surface area is 77.0 Å². The van der Waals surface area contributed by atoms with Gasteiger partial charge in [-0.2, -0.15) is 0 Å². The Morgan fingerprint density at radius 1 is 1.00 bits per heavy atom. The van der Waals surface area contributed by atoms with Gasteiger partial charge in [-0.05, 0) is 0 Å². The Balaban J connectivity index is 2.70. The van der Waals surface area contributed by atoms with Crippen LogP contribution in [0.3, 0.4) is 0 Å². The SMILES string of the molecule is OC(P)[C@H]1O[C@H](O)[C@@H](O)[C@@H](O)[C@@H]1O. The summed E-state index contributed by atoms with van der Waals surface area (Å²) in [5.41, 5.74) is 0. The Morgan fingerprint density at radius 3 is 2.00 bits per heavy atom. The summed E-state index contributed by atoms with van der Waals surface area (Å²) in [6, 6.07) is 0. The van der Waals surface area contributed by atoms with Crippen molar-refractivity contribution in [2.24, 2.45) is 0 Å². The topological polar surface area (TPSA) is 110 Å². The lowest BCUT2D eigenvalue weighted by atomic mass is 9.99. The molecule has 0 aromatic carbocycles. The van der Waals surface area contributed by atoms with Crippen molar-refractivity contribution in [1.82, 2.24) is 0 Å². The predicted molar refractivity (Wildman–Crippen MR) is 44.6 cm³/mol. The van der Waals surface area contributed by atoms with E-state index < -0.39 is 36.6 Å². The van der Waals surface area contributed by atoms with Crippen molar-refractivity contribution in [3.8, 4) is 0 Å². The molecule has 0 saturated carbocycles. The first-order chi connectivity index (χ1) is 5.95. The fourth-order valence-corrected chi connectivity index (χ4v) is 1.49. The van der Waals surface area contributed by atoms with Crippen molar-refractivity contribution in [3.63, 3.8) is 0 Å². The lowest BCUT2D eigenvalue weighted by molar-refractivity contribution is -0.289. The Bertz CT molecular complexity index is 177. The second kappa shape index (κ2) is 4.14. The van der Waals surface area contributed by atoms with Crippen molar-refractivity contribution < 1.29 is 30.3 Å². The molecule has 0 bridgehead atoms. The van der Waals surface area contributed by atoms with E-state index in [2.05, 4.69) is 4.74 Å². The summed E-state index contributed by atoms with van der Waals surface area (Å²) in [6.45, 7) is 0. The number of rotatable bonds is 1. The molecule has 1 fully saturated rings. The van der Waals surface area contributed by atoms with Gasteiger partial charge in [0.2, 0.25) is 0 Å². The highest BCUT2D eigenvalue weighted by molar-refractivity contribution is 7.17. The van der Waals surface area contributed by atoms with Crippen LogP contribution in [0.5, 0.6) is 0 Å². The molecule has 13 heavy (non-hydrogen) atoms. The van der Waals surface area contributed by atoms with Gasteiger partial charge in [-0.25, -0.2) is 0 Å². The summed E-state index contributed by atoms with van der Waals surface area (Å²) in [7, 11) is 1.96. The fraction of sp³-hybridized carbons (Fsp3) is 1.00. The molecule has 0 aromatic heterocycles. The Kier molecular flexibility index (Phi) is 3.59. The summed E-state index contributed by atoms with van der Waals surface area (Å²) < 4.78 is 4.67. The van der Waals surface area contributed by atoms with Gasteiger partial charge in [0.15, 0.2) is 6.29 Å². The van der Waals surface area contributed by atoms with Crippen LogP contribution in [0, 0.1) is 0 Å². The van der Waals surface area contributed by atoms with Crippen LogP contribution in [0.1, 0.15) is 0 Å². The molecule has 1 saturated heterocycles. The molecule has 1 rings (SSSR count).